The van der Waals surface area contributed by atoms with Gasteiger partial charge in [0.1, 0.15) is 10.7 Å². The molecule has 1 N–H and O–H groups in total. The number of hydrogen-bond donors (Lipinski definition) is 1. The van der Waals surface area contributed by atoms with Gasteiger partial charge in [-0.3, -0.25) is 9.59 Å². The van der Waals surface area contributed by atoms with Crippen LogP contribution in [0.2, 0.25) is 0 Å². The van der Waals surface area contributed by atoms with Crippen molar-refractivity contribution in [2.45, 2.75) is 20.0 Å². The summed E-state index contributed by atoms with van der Waals surface area (Å²) in [5.74, 6) is -1.97. The Kier molecular flexibility index (Phi) is 5.28. The van der Waals surface area contributed by atoms with Gasteiger partial charge in [-0.25, -0.2) is 9.69 Å². The molecule has 0 bridgehead atoms. The molecule has 0 spiro atoms. The standard InChI is InChI=1S/C20H17ClN2O4/c1-12(2)27-20(26)14-10-6-7-11-15(14)23-18(24)16(21)17(19(23)25)22-13-8-4-3-5-9-13/h3-12,22H,1-2H3. The summed E-state index contributed by atoms with van der Waals surface area (Å²) in [5, 5.41) is 2.63. The number of anilines is 2. The minimum absolute atomic E-state index is 0.0418. The number of rotatable bonds is 5. The third-order valence-corrected chi connectivity index (χ3v) is 4.13. The van der Waals surface area contributed by atoms with E-state index in [1.165, 1.54) is 12.1 Å². The predicted octanol–water partition coefficient (Wildman–Crippen LogP) is 3.69. The molecule has 3 rings (SSSR count). The molecule has 7 heteroatoms. The van der Waals surface area contributed by atoms with Crippen molar-refractivity contribution >= 4 is 40.8 Å². The molecule has 0 unspecified atom stereocenters. The highest BCUT2D eigenvalue weighted by molar-refractivity contribution is 6.53. The maximum atomic E-state index is 12.9. The number of nitrogens with zero attached hydrogens (tertiary/aromatic N) is 1. The summed E-state index contributed by atoms with van der Waals surface area (Å²) in [6, 6.07) is 15.1. The van der Waals surface area contributed by atoms with Gasteiger partial charge in [-0.2, -0.15) is 0 Å². The van der Waals surface area contributed by atoms with Gasteiger partial charge in [-0.1, -0.05) is 41.9 Å². The van der Waals surface area contributed by atoms with Crippen LogP contribution in [0.4, 0.5) is 11.4 Å². The molecule has 138 valence electrons. The molecule has 27 heavy (non-hydrogen) atoms. The molecule has 1 aliphatic heterocycles. The molecule has 1 aliphatic rings. The molecule has 0 saturated carbocycles. The number of halogens is 1. The summed E-state index contributed by atoms with van der Waals surface area (Å²) < 4.78 is 5.21. The Morgan fingerprint density at radius 3 is 2.30 bits per heavy atom. The van der Waals surface area contributed by atoms with Crippen molar-refractivity contribution in [2.75, 3.05) is 10.2 Å². The third kappa shape index (κ3) is 3.71. The fourth-order valence-corrected chi connectivity index (χ4v) is 2.83. The van der Waals surface area contributed by atoms with E-state index in [-0.39, 0.29) is 28.1 Å². The van der Waals surface area contributed by atoms with E-state index in [2.05, 4.69) is 5.32 Å². The average molecular weight is 385 g/mol. The summed E-state index contributed by atoms with van der Waals surface area (Å²) in [6.45, 7) is 3.43. The minimum atomic E-state index is -0.704. The highest BCUT2D eigenvalue weighted by Gasteiger charge is 2.40. The number of esters is 1. The molecule has 0 atom stereocenters. The van der Waals surface area contributed by atoms with Crippen molar-refractivity contribution in [3.05, 3.63) is 70.9 Å². The second-order valence-corrected chi connectivity index (χ2v) is 6.47. The maximum Gasteiger partial charge on any atom is 0.340 e. The van der Waals surface area contributed by atoms with Crippen molar-refractivity contribution in [1.82, 2.24) is 0 Å². The van der Waals surface area contributed by atoms with E-state index in [9.17, 15) is 14.4 Å². The molecule has 6 nitrogen and oxygen atoms in total. The fraction of sp³-hybridized carbons (Fsp3) is 0.150. The van der Waals surface area contributed by atoms with Crippen LogP contribution in [0.15, 0.2) is 65.3 Å². The van der Waals surface area contributed by atoms with E-state index >= 15 is 0 Å². The summed E-state index contributed by atoms with van der Waals surface area (Å²) in [6.07, 6.45) is -0.340. The van der Waals surface area contributed by atoms with Crippen molar-refractivity contribution in [1.29, 1.82) is 0 Å². The number of carbonyl (C=O) groups is 3. The van der Waals surface area contributed by atoms with Gasteiger partial charge in [-0.05, 0) is 38.1 Å². The Morgan fingerprint density at radius 2 is 1.63 bits per heavy atom. The summed E-state index contributed by atoms with van der Waals surface area (Å²) in [5.41, 5.74) is 0.806. The van der Waals surface area contributed by atoms with Gasteiger partial charge < -0.3 is 10.1 Å². The maximum absolute atomic E-state index is 12.9. The van der Waals surface area contributed by atoms with Gasteiger partial charge in [0.25, 0.3) is 11.8 Å². The second kappa shape index (κ2) is 7.63. The van der Waals surface area contributed by atoms with Gasteiger partial charge in [0.15, 0.2) is 0 Å². The SMILES string of the molecule is CC(C)OC(=O)c1ccccc1N1C(=O)C(Cl)=C(Nc2ccccc2)C1=O. The van der Waals surface area contributed by atoms with Crippen LogP contribution in [-0.4, -0.2) is 23.9 Å². The normalized spacial score (nSPS) is 14.1. The van der Waals surface area contributed by atoms with E-state index in [0.717, 1.165) is 4.90 Å². The molecule has 0 aromatic heterocycles. The summed E-state index contributed by atoms with van der Waals surface area (Å²) in [4.78, 5) is 38.8. The molecule has 0 fully saturated rings. The van der Waals surface area contributed by atoms with Crippen LogP contribution in [0.1, 0.15) is 24.2 Å². The van der Waals surface area contributed by atoms with Gasteiger partial charge in [-0.15, -0.1) is 0 Å². The zero-order chi connectivity index (χ0) is 19.6. The number of carbonyl (C=O) groups excluding carboxylic acids is 3. The third-order valence-electron chi connectivity index (χ3n) is 3.78. The first-order valence-corrected chi connectivity index (χ1v) is 8.68. The van der Waals surface area contributed by atoms with E-state index in [4.69, 9.17) is 16.3 Å². The highest BCUT2D eigenvalue weighted by atomic mass is 35.5. The molecule has 2 aromatic carbocycles. The molecular formula is C20H17ClN2O4. The number of nitrogens with one attached hydrogen (secondary N) is 1. The van der Waals surface area contributed by atoms with Crippen LogP contribution in [0.5, 0.6) is 0 Å². The van der Waals surface area contributed by atoms with Crippen LogP contribution in [-0.2, 0) is 14.3 Å². The Bertz CT molecular complexity index is 938. The lowest BCUT2D eigenvalue weighted by Crippen LogP contribution is -2.33. The number of para-hydroxylation sites is 2. The minimum Gasteiger partial charge on any atom is -0.459 e. The van der Waals surface area contributed by atoms with E-state index in [1.54, 1.807) is 50.2 Å². The Balaban J connectivity index is 1.95. The smallest absolute Gasteiger partial charge is 0.340 e. The molecule has 2 aromatic rings. The average Bonchev–Trinajstić information content (AvgIpc) is 2.85. The fourth-order valence-electron chi connectivity index (χ4n) is 2.61. The predicted molar refractivity (Wildman–Crippen MR) is 102 cm³/mol. The zero-order valence-corrected chi connectivity index (χ0v) is 15.5. The van der Waals surface area contributed by atoms with Gasteiger partial charge >= 0.3 is 5.97 Å². The van der Waals surface area contributed by atoms with Crippen molar-refractivity contribution < 1.29 is 19.1 Å². The second-order valence-electron chi connectivity index (χ2n) is 6.10. The van der Waals surface area contributed by atoms with Crippen molar-refractivity contribution in [3.8, 4) is 0 Å². The van der Waals surface area contributed by atoms with Crippen LogP contribution in [0.25, 0.3) is 0 Å². The summed E-state index contributed by atoms with van der Waals surface area (Å²) in [7, 11) is 0. The number of ether oxygens (including phenoxy) is 1. The number of benzene rings is 2. The van der Waals surface area contributed by atoms with Gasteiger partial charge in [0.2, 0.25) is 0 Å². The van der Waals surface area contributed by atoms with Crippen LogP contribution in [0, 0.1) is 0 Å². The quantitative estimate of drug-likeness (QED) is 0.628. The monoisotopic (exact) mass is 384 g/mol. The Morgan fingerprint density at radius 1 is 1.00 bits per heavy atom. The van der Waals surface area contributed by atoms with Crippen LogP contribution in [0.3, 0.4) is 0 Å². The number of imide groups is 1. The lowest BCUT2D eigenvalue weighted by molar-refractivity contribution is -0.120. The van der Waals surface area contributed by atoms with Crippen LogP contribution >= 0.6 is 11.6 Å². The highest BCUT2D eigenvalue weighted by Crippen LogP contribution is 2.32. The molecule has 0 saturated heterocycles. The Labute approximate surface area is 161 Å². The van der Waals surface area contributed by atoms with E-state index in [1.807, 2.05) is 6.07 Å². The zero-order valence-electron chi connectivity index (χ0n) is 14.7. The molecule has 0 radical (unpaired) electrons. The van der Waals surface area contributed by atoms with E-state index < -0.39 is 17.8 Å². The van der Waals surface area contributed by atoms with E-state index in [0.29, 0.717) is 5.69 Å². The first-order valence-electron chi connectivity index (χ1n) is 8.30. The lowest BCUT2D eigenvalue weighted by Gasteiger charge is -2.19. The molecular weight excluding hydrogens is 368 g/mol. The molecule has 2 amide bonds. The number of hydrogen-bond acceptors (Lipinski definition) is 5. The van der Waals surface area contributed by atoms with Crippen LogP contribution < -0.4 is 10.2 Å². The largest absolute Gasteiger partial charge is 0.459 e. The summed E-state index contributed by atoms with van der Waals surface area (Å²) >= 11 is 6.12. The topological polar surface area (TPSA) is 75.7 Å². The van der Waals surface area contributed by atoms with Crippen molar-refractivity contribution in [2.24, 2.45) is 0 Å². The molecule has 0 aliphatic carbocycles. The molecule has 1 heterocycles. The first-order chi connectivity index (χ1) is 12.9. The Hall–Kier alpha value is -3.12. The number of amides is 2. The van der Waals surface area contributed by atoms with Gasteiger partial charge in [0.05, 0.1) is 17.4 Å². The van der Waals surface area contributed by atoms with Gasteiger partial charge in [0, 0.05) is 5.69 Å². The lowest BCUT2D eigenvalue weighted by atomic mass is 10.1. The van der Waals surface area contributed by atoms with Crippen molar-refractivity contribution in [3.63, 3.8) is 0 Å². The first kappa shape index (κ1) is 18.7.